The minimum absolute atomic E-state index is 0.195. The number of hydrogen-bond acceptors (Lipinski definition) is 9. The Balaban J connectivity index is 2.44. The van der Waals surface area contributed by atoms with Gasteiger partial charge in [0, 0.05) is 26.2 Å². The Morgan fingerprint density at radius 3 is 1.74 bits per heavy atom. The zero-order chi connectivity index (χ0) is 35.7. The summed E-state index contributed by atoms with van der Waals surface area (Å²) in [6.07, 6.45) is 2.22. The van der Waals surface area contributed by atoms with Crippen LogP contribution < -0.4 is 0 Å². The van der Waals surface area contributed by atoms with Crippen molar-refractivity contribution in [3.05, 3.63) is 11.8 Å². The van der Waals surface area contributed by atoms with Crippen molar-refractivity contribution in [3.8, 4) is 0 Å². The van der Waals surface area contributed by atoms with E-state index in [-0.39, 0.29) is 12.6 Å². The van der Waals surface area contributed by atoms with Gasteiger partial charge in [-0.25, -0.2) is 4.79 Å². The Hall–Kier alpha value is 0.191. The molecule has 272 valence electrons. The number of rotatable bonds is 21. The molecule has 0 aromatic carbocycles. The van der Waals surface area contributed by atoms with Gasteiger partial charge >= 0.3 is 23.1 Å². The van der Waals surface area contributed by atoms with Crippen LogP contribution in [-0.4, -0.2) is 143 Å². The van der Waals surface area contributed by atoms with Gasteiger partial charge in [0.2, 0.25) is 0 Å². The maximum absolute atomic E-state index is 12.7. The van der Waals surface area contributed by atoms with Crippen molar-refractivity contribution in [3.63, 3.8) is 0 Å². The van der Waals surface area contributed by atoms with Crippen LogP contribution in [0, 0.1) is 0 Å². The number of likely N-dealkylation sites (N-methyl/N-ethyl adjacent to an activating group) is 1. The number of ether oxygens (including phenoxy) is 2. The highest BCUT2D eigenvalue weighted by atomic mass is 28.5. The molecule has 0 aliphatic carbocycles. The molecule has 0 spiro atoms. The molecule has 1 saturated heterocycles. The summed E-state index contributed by atoms with van der Waals surface area (Å²) in [6, 6.07) is 0.903. The summed E-state index contributed by atoms with van der Waals surface area (Å²) in [5, 5.41) is 10.7. The zero-order valence-electron chi connectivity index (χ0n) is 32.2. The van der Waals surface area contributed by atoms with E-state index in [0.717, 1.165) is 38.6 Å². The van der Waals surface area contributed by atoms with Crippen LogP contribution in [0.1, 0.15) is 6.42 Å². The van der Waals surface area contributed by atoms with Crippen molar-refractivity contribution >= 4 is 56.4 Å². The standard InChI is InChI=1S/C30H71N2O8Si6/c1-32(27-30(34)36-23-17-25-46(15,39-43(8,9)10)40-44(11,12)13)20-18-31(19-21-32)26-29(33)28-35-22-16-24-45(14,37-41(2,3)4)38-42(5,6)7/h17,25,29,33H,16,18-24,26-28H2,1-15H3/q+1. The summed E-state index contributed by atoms with van der Waals surface area (Å²) in [5.74, 6) is -0.195. The molecule has 46 heavy (non-hydrogen) atoms. The molecular formula is C30H71N2O8Si6+. The maximum atomic E-state index is 12.7. The molecule has 1 rings (SSSR count). The fourth-order valence-electron chi connectivity index (χ4n) is 5.88. The fraction of sp³-hybridized carbons (Fsp3) is 0.900. The van der Waals surface area contributed by atoms with E-state index in [1.54, 1.807) is 0 Å². The van der Waals surface area contributed by atoms with E-state index in [4.69, 9.17) is 25.9 Å². The predicted molar refractivity (Wildman–Crippen MR) is 205 cm³/mol. The van der Waals surface area contributed by atoms with Crippen molar-refractivity contribution < 1.29 is 40.3 Å². The van der Waals surface area contributed by atoms with Gasteiger partial charge in [-0.3, -0.25) is 4.90 Å². The lowest BCUT2D eigenvalue weighted by atomic mass is 10.2. The number of esters is 1. The number of aliphatic hydroxyl groups is 1. The topological polar surface area (TPSA) is 95.9 Å². The smallest absolute Gasteiger partial charge is 0.362 e. The molecular weight excluding hydrogens is 685 g/mol. The highest BCUT2D eigenvalue weighted by Gasteiger charge is 2.40. The van der Waals surface area contributed by atoms with E-state index in [2.05, 4.69) is 104 Å². The molecule has 0 radical (unpaired) electrons. The molecule has 1 unspecified atom stereocenters. The molecule has 1 atom stereocenters. The lowest BCUT2D eigenvalue weighted by molar-refractivity contribution is -0.906. The lowest BCUT2D eigenvalue weighted by Gasteiger charge is -2.41. The molecule has 0 bridgehead atoms. The molecule has 16 heteroatoms. The SMILES string of the molecule is C[N+]1(CC(=O)OCC=C[Si](C)(O[Si](C)(C)C)O[Si](C)(C)C)CCN(CC(O)COCCC[Si](C)(O[Si](C)(C)C)O[Si](C)(C)C)CC1. The minimum Gasteiger partial charge on any atom is -0.457 e. The molecule has 1 aliphatic heterocycles. The van der Waals surface area contributed by atoms with E-state index in [1.165, 1.54) is 0 Å². The molecule has 0 saturated carbocycles. The lowest BCUT2D eigenvalue weighted by Crippen LogP contribution is -2.60. The summed E-state index contributed by atoms with van der Waals surface area (Å²) < 4.78 is 38.2. The van der Waals surface area contributed by atoms with Crippen LogP contribution in [0.25, 0.3) is 0 Å². The Bertz CT molecular complexity index is 923. The van der Waals surface area contributed by atoms with Crippen molar-refractivity contribution in [1.29, 1.82) is 0 Å². The summed E-state index contributed by atoms with van der Waals surface area (Å²) in [7, 11) is -9.67. The molecule has 1 fully saturated rings. The highest BCUT2D eigenvalue weighted by molar-refractivity contribution is 6.90. The van der Waals surface area contributed by atoms with Crippen LogP contribution in [0.2, 0.25) is 97.7 Å². The van der Waals surface area contributed by atoms with Crippen LogP contribution in [0.15, 0.2) is 11.8 Å². The van der Waals surface area contributed by atoms with E-state index in [0.29, 0.717) is 30.8 Å². The minimum atomic E-state index is -2.50. The van der Waals surface area contributed by atoms with E-state index in [1.807, 2.05) is 11.8 Å². The van der Waals surface area contributed by atoms with Crippen LogP contribution in [0.3, 0.4) is 0 Å². The number of piperazine rings is 1. The molecule has 0 amide bonds. The second kappa shape index (κ2) is 17.9. The summed E-state index contributed by atoms with van der Waals surface area (Å²) in [5.41, 5.74) is 2.03. The number of aliphatic hydroxyl groups excluding tert-OH is 1. The van der Waals surface area contributed by atoms with Crippen LogP contribution in [0.5, 0.6) is 0 Å². The van der Waals surface area contributed by atoms with Crippen molar-refractivity contribution in [2.24, 2.45) is 0 Å². The van der Waals surface area contributed by atoms with Gasteiger partial charge in [0.05, 0.1) is 32.8 Å². The van der Waals surface area contributed by atoms with E-state index < -0.39 is 56.5 Å². The first-order valence-electron chi connectivity index (χ1n) is 17.1. The quantitative estimate of drug-likeness (QED) is 0.0685. The molecule has 0 aromatic heterocycles. The monoisotopic (exact) mass is 755 g/mol. The molecule has 1 N–H and O–H groups in total. The number of hydrogen-bond donors (Lipinski definition) is 1. The summed E-state index contributed by atoms with van der Waals surface area (Å²) in [6.45, 7) is 36.0. The third-order valence-electron chi connectivity index (χ3n) is 6.94. The van der Waals surface area contributed by atoms with Gasteiger partial charge in [0.1, 0.15) is 6.61 Å². The number of carbonyl (C=O) groups excluding carboxylic acids is 1. The predicted octanol–water partition coefficient (Wildman–Crippen LogP) is 5.70. The Kier molecular flexibility index (Phi) is 17.2. The van der Waals surface area contributed by atoms with Crippen molar-refractivity contribution in [2.75, 3.05) is 66.1 Å². The average molecular weight is 756 g/mol. The van der Waals surface area contributed by atoms with Crippen LogP contribution >= 0.6 is 0 Å². The number of quaternary nitrogens is 1. The van der Waals surface area contributed by atoms with Gasteiger partial charge in [-0.05, 0) is 110 Å². The van der Waals surface area contributed by atoms with Gasteiger partial charge in [-0.1, -0.05) is 6.08 Å². The second-order valence-corrected chi connectivity index (χ2v) is 42.7. The van der Waals surface area contributed by atoms with Crippen molar-refractivity contribution in [2.45, 2.75) is 110 Å². The first-order chi connectivity index (χ1) is 20.6. The molecule has 1 aliphatic rings. The summed E-state index contributed by atoms with van der Waals surface area (Å²) in [4.78, 5) is 15.0. The molecule has 10 nitrogen and oxygen atoms in total. The fourth-order valence-corrected chi connectivity index (χ4v) is 29.7. The van der Waals surface area contributed by atoms with E-state index >= 15 is 0 Å². The van der Waals surface area contributed by atoms with Crippen LogP contribution in [0.4, 0.5) is 0 Å². The van der Waals surface area contributed by atoms with Gasteiger partial charge < -0.3 is 35.5 Å². The second-order valence-electron chi connectivity index (χ2n) is 17.5. The zero-order valence-corrected chi connectivity index (χ0v) is 38.2. The number of β-amino-alcohol motifs (C(OH)–C–C–N with tert-alkyl or cyclic N) is 1. The average Bonchev–Trinajstić information content (AvgIpc) is 2.78. The maximum Gasteiger partial charge on any atom is 0.362 e. The number of carbonyl (C=O) groups is 1. The van der Waals surface area contributed by atoms with Gasteiger partial charge in [-0.2, -0.15) is 0 Å². The third-order valence-corrected chi connectivity index (χ3v) is 25.5. The Labute approximate surface area is 288 Å². The number of nitrogens with zero attached hydrogens (tertiary/aromatic N) is 2. The third kappa shape index (κ3) is 21.3. The van der Waals surface area contributed by atoms with Crippen LogP contribution in [-0.2, 0) is 30.7 Å². The Morgan fingerprint density at radius 1 is 0.804 bits per heavy atom. The van der Waals surface area contributed by atoms with Crippen molar-refractivity contribution in [1.82, 2.24) is 4.90 Å². The highest BCUT2D eigenvalue weighted by Crippen LogP contribution is 2.26. The molecule has 1 heterocycles. The Morgan fingerprint density at radius 2 is 1.28 bits per heavy atom. The van der Waals surface area contributed by atoms with Gasteiger partial charge in [-0.15, -0.1) is 0 Å². The van der Waals surface area contributed by atoms with E-state index in [9.17, 15) is 9.90 Å². The normalized spacial score (nSPS) is 18.3. The summed E-state index contributed by atoms with van der Waals surface area (Å²) >= 11 is 0. The largest absolute Gasteiger partial charge is 0.457 e. The van der Waals surface area contributed by atoms with Gasteiger partial charge in [0.15, 0.2) is 39.8 Å². The first kappa shape index (κ1) is 44.2. The first-order valence-corrected chi connectivity index (χ1v) is 35.6. The van der Waals surface area contributed by atoms with Gasteiger partial charge in [0.25, 0.3) is 0 Å². The molecule has 0 aromatic rings.